The van der Waals surface area contributed by atoms with Crippen molar-refractivity contribution in [1.82, 2.24) is 9.80 Å². The molecule has 2 aromatic rings. The van der Waals surface area contributed by atoms with Crippen LogP contribution in [0, 0.1) is 11.6 Å². The molecule has 1 atom stereocenters. The van der Waals surface area contributed by atoms with Gasteiger partial charge in [-0.15, -0.1) is 0 Å². The Kier molecular flexibility index (Phi) is 7.80. The van der Waals surface area contributed by atoms with Gasteiger partial charge in [-0.1, -0.05) is 37.3 Å². The second-order valence-electron chi connectivity index (χ2n) is 9.52. The van der Waals surface area contributed by atoms with Crippen molar-refractivity contribution in [3.05, 3.63) is 82.9 Å². The molecule has 4 nitrogen and oxygen atoms in total. The highest BCUT2D eigenvalue weighted by atomic mass is 19.1. The molecule has 0 N–H and O–H groups in total. The van der Waals surface area contributed by atoms with Crippen LogP contribution in [0.3, 0.4) is 0 Å². The van der Waals surface area contributed by atoms with Crippen molar-refractivity contribution in [3.63, 3.8) is 0 Å². The molecule has 1 amide bonds. The monoisotopic (exact) mass is 479 g/mol. The van der Waals surface area contributed by atoms with Crippen molar-refractivity contribution in [2.75, 3.05) is 26.2 Å². The number of allylic oxidation sites excluding steroid dienone is 1. The van der Waals surface area contributed by atoms with Crippen molar-refractivity contribution in [3.8, 4) is 0 Å². The topological polar surface area (TPSA) is 35.9 Å². The summed E-state index contributed by atoms with van der Waals surface area (Å²) in [6, 6.07) is 13.0. The Labute approximate surface area is 207 Å². The van der Waals surface area contributed by atoms with E-state index in [1.807, 2.05) is 39.0 Å². The first kappa shape index (κ1) is 25.2. The summed E-state index contributed by atoms with van der Waals surface area (Å²) in [5.41, 5.74) is 1.75. The number of halogens is 2. The zero-order valence-electron chi connectivity index (χ0n) is 20.9. The summed E-state index contributed by atoms with van der Waals surface area (Å²) < 4.78 is 26.8. The number of likely N-dealkylation sites (tertiary alicyclic amines) is 1. The predicted octanol–water partition coefficient (Wildman–Crippen LogP) is 6.05. The van der Waals surface area contributed by atoms with Crippen molar-refractivity contribution >= 4 is 11.7 Å². The fourth-order valence-electron chi connectivity index (χ4n) is 5.58. The van der Waals surface area contributed by atoms with Crippen LogP contribution in [0.2, 0.25) is 0 Å². The van der Waals surface area contributed by atoms with Crippen LogP contribution in [0.15, 0.2) is 65.2 Å². The van der Waals surface area contributed by atoms with Gasteiger partial charge in [0.2, 0.25) is 0 Å². The van der Waals surface area contributed by atoms with Crippen molar-refractivity contribution in [2.45, 2.75) is 57.9 Å². The number of hydrogen-bond acceptors (Lipinski definition) is 3. The number of amides is 1. The molecular weight excluding hydrogens is 444 g/mol. The van der Waals surface area contributed by atoms with Gasteiger partial charge in [-0.3, -0.25) is 9.69 Å². The number of carbonyl (C=O) groups is 1. The van der Waals surface area contributed by atoms with E-state index in [0.29, 0.717) is 30.3 Å². The van der Waals surface area contributed by atoms with E-state index >= 15 is 0 Å². The molecular formula is C29H35F2N3O. The molecule has 35 heavy (non-hydrogen) atoms. The molecule has 1 saturated heterocycles. The van der Waals surface area contributed by atoms with E-state index in [2.05, 4.69) is 4.90 Å². The second-order valence-corrected chi connectivity index (χ2v) is 9.52. The van der Waals surface area contributed by atoms with Gasteiger partial charge in [0, 0.05) is 6.54 Å². The molecule has 0 aliphatic carbocycles. The first-order valence-corrected chi connectivity index (χ1v) is 12.7. The minimum atomic E-state index is -1.10. The minimum absolute atomic E-state index is 0.0495. The Hall–Kier alpha value is -2.86. The van der Waals surface area contributed by atoms with Gasteiger partial charge < -0.3 is 4.90 Å². The third-order valence-corrected chi connectivity index (χ3v) is 7.52. The Morgan fingerprint density at radius 2 is 1.63 bits per heavy atom. The van der Waals surface area contributed by atoms with Gasteiger partial charge in [-0.2, -0.15) is 0 Å². The van der Waals surface area contributed by atoms with Crippen LogP contribution < -0.4 is 0 Å². The highest BCUT2D eigenvalue weighted by Crippen LogP contribution is 2.41. The molecule has 0 aromatic heterocycles. The summed E-state index contributed by atoms with van der Waals surface area (Å²) in [6.45, 7) is 9.37. The summed E-state index contributed by atoms with van der Waals surface area (Å²) in [6.07, 6.45) is 5.63. The maximum absolute atomic E-state index is 13.8. The first-order valence-electron chi connectivity index (χ1n) is 12.7. The molecule has 1 unspecified atom stereocenters. The van der Waals surface area contributed by atoms with E-state index in [1.165, 1.54) is 17.7 Å². The number of rotatable bonds is 8. The van der Waals surface area contributed by atoms with E-state index in [9.17, 15) is 13.6 Å². The molecule has 0 spiro atoms. The zero-order valence-corrected chi connectivity index (χ0v) is 20.9. The highest BCUT2D eigenvalue weighted by Gasteiger charge is 2.50. The Bertz CT molecular complexity index is 1090. The Balaban J connectivity index is 1.38. The summed E-state index contributed by atoms with van der Waals surface area (Å²) in [7, 11) is 0. The third kappa shape index (κ3) is 5.08. The van der Waals surface area contributed by atoms with Crippen molar-refractivity contribution < 1.29 is 13.6 Å². The quantitative estimate of drug-likeness (QED) is 0.432. The van der Waals surface area contributed by atoms with Crippen LogP contribution >= 0.6 is 0 Å². The minimum Gasteiger partial charge on any atom is -0.303 e. The number of nitrogens with zero attached hydrogens (tertiary/aromatic N) is 3. The third-order valence-electron chi connectivity index (χ3n) is 7.52. The van der Waals surface area contributed by atoms with E-state index in [-0.39, 0.29) is 17.5 Å². The van der Waals surface area contributed by atoms with Crippen LogP contribution in [-0.4, -0.2) is 47.7 Å². The molecule has 2 aliphatic rings. The zero-order chi connectivity index (χ0) is 25.0. The first-order chi connectivity index (χ1) is 16.9. The van der Waals surface area contributed by atoms with Crippen LogP contribution in [0.1, 0.15) is 63.5 Å². The van der Waals surface area contributed by atoms with Gasteiger partial charge in [0.25, 0.3) is 5.91 Å². The molecule has 186 valence electrons. The molecule has 1 fully saturated rings. The summed E-state index contributed by atoms with van der Waals surface area (Å²) in [5, 5.41) is 0. The number of hydrogen-bond donors (Lipinski definition) is 0. The van der Waals surface area contributed by atoms with Gasteiger partial charge in [0.15, 0.2) is 5.54 Å². The second kappa shape index (κ2) is 10.8. The van der Waals surface area contributed by atoms with Gasteiger partial charge in [0.1, 0.15) is 17.5 Å². The largest absolute Gasteiger partial charge is 0.303 e. The Morgan fingerprint density at radius 1 is 1.03 bits per heavy atom. The fraction of sp³-hybridized carbons (Fsp3) is 0.448. The lowest BCUT2D eigenvalue weighted by Gasteiger charge is -2.33. The molecule has 2 heterocycles. The van der Waals surface area contributed by atoms with Gasteiger partial charge >= 0.3 is 0 Å². The van der Waals surface area contributed by atoms with E-state index in [0.717, 1.165) is 44.5 Å². The van der Waals surface area contributed by atoms with Crippen LogP contribution in [0.4, 0.5) is 8.78 Å². The molecule has 4 rings (SSSR count). The van der Waals surface area contributed by atoms with Crippen molar-refractivity contribution in [1.29, 1.82) is 0 Å². The summed E-state index contributed by atoms with van der Waals surface area (Å²) in [4.78, 5) is 23.0. The lowest BCUT2D eigenvalue weighted by Crippen LogP contribution is -2.43. The van der Waals surface area contributed by atoms with Gasteiger partial charge in [0.05, 0.1) is 0 Å². The molecule has 0 radical (unpaired) electrons. The standard InChI is InChI=1S/C29H35F2N3O/c1-4-24(5-2)29(25-9-13-27(31)14-10-25)28(35)34(21(3)32-29)18-6-17-33-19-15-23(16-20-33)22-7-11-26(30)12-8-22/h4,7-14,23H,5-6,15-20H2,1-3H3/b24-4+. The number of benzene rings is 2. The Morgan fingerprint density at radius 3 is 2.20 bits per heavy atom. The lowest BCUT2D eigenvalue weighted by atomic mass is 9.81. The maximum atomic E-state index is 13.8. The van der Waals surface area contributed by atoms with Gasteiger partial charge in [-0.25, -0.2) is 13.8 Å². The SMILES string of the molecule is C/C=C(\CC)C1(c2ccc(F)cc2)N=C(C)N(CCCN2CCC(c3ccc(F)cc3)CC2)C1=O. The fourth-order valence-corrected chi connectivity index (χ4v) is 5.58. The number of amidine groups is 1. The normalized spacial score (nSPS) is 22.1. The van der Waals surface area contributed by atoms with Crippen molar-refractivity contribution in [2.24, 2.45) is 4.99 Å². The smallest absolute Gasteiger partial charge is 0.264 e. The van der Waals surface area contributed by atoms with Gasteiger partial charge in [-0.05, 0) is 106 Å². The summed E-state index contributed by atoms with van der Waals surface area (Å²) in [5.74, 6) is 0.624. The average molecular weight is 480 g/mol. The van der Waals surface area contributed by atoms with Crippen LogP contribution in [0.5, 0.6) is 0 Å². The van der Waals surface area contributed by atoms with Crippen LogP contribution in [-0.2, 0) is 10.3 Å². The average Bonchev–Trinajstić information content (AvgIpc) is 3.12. The molecule has 0 bridgehead atoms. The lowest BCUT2D eigenvalue weighted by molar-refractivity contribution is -0.130. The number of aliphatic imine (C=N–C) groups is 1. The van der Waals surface area contributed by atoms with E-state index in [1.54, 1.807) is 29.2 Å². The van der Waals surface area contributed by atoms with Crippen LogP contribution in [0.25, 0.3) is 0 Å². The molecule has 2 aromatic carbocycles. The summed E-state index contributed by atoms with van der Waals surface area (Å²) >= 11 is 0. The maximum Gasteiger partial charge on any atom is 0.264 e. The molecule has 2 aliphatic heterocycles. The number of carbonyl (C=O) groups excluding carboxylic acids is 1. The molecule has 0 saturated carbocycles. The molecule has 6 heteroatoms. The van der Waals surface area contributed by atoms with E-state index < -0.39 is 5.54 Å². The predicted molar refractivity (Wildman–Crippen MR) is 136 cm³/mol. The highest BCUT2D eigenvalue weighted by molar-refractivity contribution is 6.09. The van der Waals surface area contributed by atoms with E-state index in [4.69, 9.17) is 4.99 Å². The number of piperidine rings is 1.